The molecule has 0 spiro atoms. The van der Waals surface area contributed by atoms with Gasteiger partial charge in [0.25, 0.3) is 0 Å². The van der Waals surface area contributed by atoms with Crippen LogP contribution in [-0.4, -0.2) is 20.8 Å². The number of rotatable bonds is 4. The molecule has 4 heteroatoms. The average molecular weight is 284 g/mol. The summed E-state index contributed by atoms with van der Waals surface area (Å²) in [6.07, 6.45) is 2.24. The van der Waals surface area contributed by atoms with Crippen LogP contribution in [0.4, 0.5) is 0 Å². The van der Waals surface area contributed by atoms with Crippen LogP contribution in [0.1, 0.15) is 49.8 Å². The van der Waals surface area contributed by atoms with E-state index in [1.54, 1.807) is 14.2 Å². The number of halogens is 1. The minimum Gasteiger partial charge on any atom is -0.493 e. The zero-order valence-corrected chi connectivity index (χ0v) is 12.8. The van der Waals surface area contributed by atoms with Crippen molar-refractivity contribution in [1.82, 2.24) is 5.32 Å². The number of fused-ring (bicyclic) bond motifs is 1. The molecule has 0 aromatic heterocycles. The quantitative estimate of drug-likeness (QED) is 0.909. The van der Waals surface area contributed by atoms with Crippen LogP contribution in [0.2, 0.25) is 5.02 Å². The molecule has 3 nitrogen and oxygen atoms in total. The Morgan fingerprint density at radius 2 is 2.00 bits per heavy atom. The van der Waals surface area contributed by atoms with E-state index in [0.717, 1.165) is 30.2 Å². The van der Waals surface area contributed by atoms with Crippen LogP contribution < -0.4 is 14.8 Å². The average Bonchev–Trinajstić information content (AvgIpc) is 2.41. The van der Waals surface area contributed by atoms with Gasteiger partial charge in [0.05, 0.1) is 14.2 Å². The Labute approximate surface area is 120 Å². The highest BCUT2D eigenvalue weighted by atomic mass is 35.5. The zero-order chi connectivity index (χ0) is 14.0. The van der Waals surface area contributed by atoms with Crippen LogP contribution in [-0.2, 0) is 0 Å². The fourth-order valence-electron chi connectivity index (χ4n) is 3.01. The predicted octanol–water partition coefficient (Wildman–Crippen LogP) is 3.91. The van der Waals surface area contributed by atoms with Gasteiger partial charge in [-0.05, 0) is 30.9 Å². The number of ether oxygens (including phenoxy) is 2. The number of hydrogen-bond donors (Lipinski definition) is 1. The van der Waals surface area contributed by atoms with Gasteiger partial charge in [0.15, 0.2) is 11.5 Å². The van der Waals surface area contributed by atoms with Gasteiger partial charge >= 0.3 is 0 Å². The molecule has 1 aliphatic carbocycles. The van der Waals surface area contributed by atoms with Crippen LogP contribution >= 0.6 is 11.6 Å². The van der Waals surface area contributed by atoms with Gasteiger partial charge in [-0.25, -0.2) is 0 Å². The summed E-state index contributed by atoms with van der Waals surface area (Å²) in [7, 11) is 3.34. The van der Waals surface area contributed by atoms with Gasteiger partial charge < -0.3 is 14.8 Å². The molecule has 1 N–H and O–H groups in total. The summed E-state index contributed by atoms with van der Waals surface area (Å²) in [6, 6.07) is 2.16. The minimum atomic E-state index is 0.291. The first-order valence-electron chi connectivity index (χ1n) is 6.81. The summed E-state index contributed by atoms with van der Waals surface area (Å²) in [5.74, 6) is 1.99. The fourth-order valence-corrected chi connectivity index (χ4v) is 3.39. The number of benzene rings is 1. The lowest BCUT2D eigenvalue weighted by Crippen LogP contribution is -2.27. The summed E-state index contributed by atoms with van der Waals surface area (Å²) in [6.45, 7) is 5.27. The van der Waals surface area contributed by atoms with Crippen molar-refractivity contribution in [2.75, 3.05) is 20.8 Å². The molecule has 1 aromatic rings. The summed E-state index contributed by atoms with van der Waals surface area (Å²) in [5, 5.41) is 4.30. The number of nitrogens with one attached hydrogen (secondary N) is 1. The lowest BCUT2D eigenvalue weighted by Gasteiger charge is -2.33. The Hall–Kier alpha value is -0.930. The standard InChI is InChI=1S/C15H22ClNO2/c1-5-17-11-7-6-9(2)13-10(16)8-12(18-3)15(19-4)14(11)13/h8-9,11,17H,5-7H2,1-4H3. The van der Waals surface area contributed by atoms with E-state index in [1.165, 1.54) is 11.1 Å². The second kappa shape index (κ2) is 6.02. The third-order valence-electron chi connectivity index (χ3n) is 3.88. The van der Waals surface area contributed by atoms with Gasteiger partial charge in [-0.15, -0.1) is 0 Å². The van der Waals surface area contributed by atoms with E-state index in [2.05, 4.69) is 19.2 Å². The second-order valence-electron chi connectivity index (χ2n) is 5.01. The van der Waals surface area contributed by atoms with Gasteiger partial charge in [-0.2, -0.15) is 0 Å². The fraction of sp³-hybridized carbons (Fsp3) is 0.600. The Morgan fingerprint density at radius 1 is 1.26 bits per heavy atom. The van der Waals surface area contributed by atoms with Gasteiger partial charge in [-0.3, -0.25) is 0 Å². The second-order valence-corrected chi connectivity index (χ2v) is 5.42. The van der Waals surface area contributed by atoms with E-state index in [4.69, 9.17) is 21.1 Å². The molecule has 19 heavy (non-hydrogen) atoms. The smallest absolute Gasteiger partial charge is 0.165 e. The van der Waals surface area contributed by atoms with Crippen LogP contribution in [0.3, 0.4) is 0 Å². The van der Waals surface area contributed by atoms with Crippen molar-refractivity contribution >= 4 is 11.6 Å². The first-order chi connectivity index (χ1) is 9.13. The molecule has 1 aliphatic rings. The molecule has 0 amide bonds. The van der Waals surface area contributed by atoms with E-state index < -0.39 is 0 Å². The lowest BCUT2D eigenvalue weighted by molar-refractivity contribution is 0.337. The van der Waals surface area contributed by atoms with E-state index in [0.29, 0.717) is 17.7 Å². The Bertz CT molecular complexity index is 462. The number of hydrogen-bond acceptors (Lipinski definition) is 3. The maximum absolute atomic E-state index is 6.45. The maximum atomic E-state index is 6.45. The molecule has 0 fully saturated rings. The summed E-state index contributed by atoms with van der Waals surface area (Å²) in [5.41, 5.74) is 2.38. The molecule has 0 heterocycles. The largest absolute Gasteiger partial charge is 0.493 e. The molecule has 0 saturated carbocycles. The van der Waals surface area contributed by atoms with Crippen molar-refractivity contribution < 1.29 is 9.47 Å². The number of methoxy groups -OCH3 is 2. The van der Waals surface area contributed by atoms with Crippen LogP contribution in [0.15, 0.2) is 6.07 Å². The van der Waals surface area contributed by atoms with Crippen molar-refractivity contribution in [3.05, 3.63) is 22.2 Å². The molecule has 2 atom stereocenters. The molecule has 0 radical (unpaired) electrons. The first kappa shape index (κ1) is 14.5. The van der Waals surface area contributed by atoms with Crippen molar-refractivity contribution in [2.45, 2.75) is 38.6 Å². The molecular formula is C15H22ClNO2. The van der Waals surface area contributed by atoms with Gasteiger partial charge in [0.2, 0.25) is 0 Å². The molecule has 1 aromatic carbocycles. The van der Waals surface area contributed by atoms with Crippen molar-refractivity contribution in [2.24, 2.45) is 0 Å². The molecule has 0 bridgehead atoms. The SMILES string of the molecule is CCNC1CCC(C)c2c(Cl)cc(OC)c(OC)c21. The molecule has 2 unspecified atom stereocenters. The highest BCUT2D eigenvalue weighted by Crippen LogP contribution is 2.49. The Balaban J connectivity index is 2.63. The van der Waals surface area contributed by atoms with E-state index in [-0.39, 0.29) is 0 Å². The molecule has 0 saturated heterocycles. The Kier molecular flexibility index (Phi) is 4.58. The molecular weight excluding hydrogens is 262 g/mol. The monoisotopic (exact) mass is 283 g/mol. The third-order valence-corrected chi connectivity index (χ3v) is 4.19. The highest BCUT2D eigenvalue weighted by molar-refractivity contribution is 6.31. The van der Waals surface area contributed by atoms with Gasteiger partial charge in [-0.1, -0.05) is 25.4 Å². The van der Waals surface area contributed by atoms with Crippen molar-refractivity contribution in [3.8, 4) is 11.5 Å². The van der Waals surface area contributed by atoms with E-state index in [1.807, 2.05) is 6.07 Å². The van der Waals surface area contributed by atoms with Gasteiger partial charge in [0.1, 0.15) is 0 Å². The zero-order valence-electron chi connectivity index (χ0n) is 12.0. The van der Waals surface area contributed by atoms with Crippen LogP contribution in [0, 0.1) is 0 Å². The predicted molar refractivity (Wildman–Crippen MR) is 78.6 cm³/mol. The molecule has 106 valence electrons. The minimum absolute atomic E-state index is 0.291. The molecule has 0 aliphatic heterocycles. The summed E-state index contributed by atoms with van der Waals surface area (Å²) >= 11 is 6.45. The third kappa shape index (κ3) is 2.54. The highest BCUT2D eigenvalue weighted by Gasteiger charge is 2.31. The van der Waals surface area contributed by atoms with E-state index in [9.17, 15) is 0 Å². The van der Waals surface area contributed by atoms with Gasteiger partial charge in [0, 0.05) is 22.7 Å². The van der Waals surface area contributed by atoms with E-state index >= 15 is 0 Å². The van der Waals surface area contributed by atoms with Crippen LogP contribution in [0.5, 0.6) is 11.5 Å². The lowest BCUT2D eigenvalue weighted by atomic mass is 9.80. The van der Waals surface area contributed by atoms with Crippen molar-refractivity contribution in [1.29, 1.82) is 0 Å². The molecule has 2 rings (SSSR count). The topological polar surface area (TPSA) is 30.5 Å². The van der Waals surface area contributed by atoms with Crippen LogP contribution in [0.25, 0.3) is 0 Å². The Morgan fingerprint density at radius 3 is 2.58 bits per heavy atom. The summed E-state index contributed by atoms with van der Waals surface area (Å²) < 4.78 is 11.0. The maximum Gasteiger partial charge on any atom is 0.165 e. The normalized spacial score (nSPS) is 21.9. The van der Waals surface area contributed by atoms with Crippen molar-refractivity contribution in [3.63, 3.8) is 0 Å². The first-order valence-corrected chi connectivity index (χ1v) is 7.19. The summed E-state index contributed by atoms with van der Waals surface area (Å²) in [4.78, 5) is 0.